The molecule has 4 nitrogen and oxygen atoms in total. The van der Waals surface area contributed by atoms with Gasteiger partial charge in [0.25, 0.3) is 0 Å². The predicted octanol–water partition coefficient (Wildman–Crippen LogP) is 2.30. The van der Waals surface area contributed by atoms with Crippen LogP contribution in [0.1, 0.15) is 13.8 Å². The first kappa shape index (κ1) is 12.1. The summed E-state index contributed by atoms with van der Waals surface area (Å²) < 4.78 is 0. The van der Waals surface area contributed by atoms with Crippen molar-refractivity contribution in [1.82, 2.24) is 20.2 Å². The summed E-state index contributed by atoms with van der Waals surface area (Å²) in [5.74, 6) is 1.45. The summed E-state index contributed by atoms with van der Waals surface area (Å²) in [5.41, 5.74) is 1.06. The lowest BCUT2D eigenvalue weighted by atomic mass is 9.97. The van der Waals surface area contributed by atoms with Crippen LogP contribution in [0, 0.1) is 5.41 Å². The fourth-order valence-corrected chi connectivity index (χ4v) is 1.55. The van der Waals surface area contributed by atoms with Gasteiger partial charge >= 0.3 is 0 Å². The van der Waals surface area contributed by atoms with Crippen LogP contribution < -0.4 is 0 Å². The highest BCUT2D eigenvalue weighted by atomic mass is 32.1. The molecule has 0 fully saturated rings. The van der Waals surface area contributed by atoms with Crippen molar-refractivity contribution in [3.63, 3.8) is 0 Å². The number of hydrogen-bond acceptors (Lipinski definition) is 4. The fraction of sp³-hybridized carbons (Fsp3) is 0.417. The van der Waals surface area contributed by atoms with Crippen molar-refractivity contribution >= 4 is 12.6 Å². The highest BCUT2D eigenvalue weighted by Gasteiger charge is 2.18. The molecule has 1 aromatic heterocycles. The molecule has 0 atom stereocenters. The van der Waals surface area contributed by atoms with Crippen LogP contribution in [-0.2, 0) is 6.54 Å². The third kappa shape index (κ3) is 3.06. The summed E-state index contributed by atoms with van der Waals surface area (Å²) in [6.07, 6.45) is 0. The Morgan fingerprint density at radius 1 is 1.24 bits per heavy atom. The average Bonchev–Trinajstić information content (AvgIpc) is 2.78. The maximum atomic E-state index is 4.37. The van der Waals surface area contributed by atoms with E-state index in [0.717, 1.165) is 17.9 Å². The van der Waals surface area contributed by atoms with Crippen molar-refractivity contribution in [2.75, 3.05) is 5.75 Å². The van der Waals surface area contributed by atoms with E-state index in [4.69, 9.17) is 0 Å². The van der Waals surface area contributed by atoms with Gasteiger partial charge in [0, 0.05) is 5.56 Å². The maximum Gasteiger partial charge on any atom is 0.204 e. The number of thiol groups is 1. The molecule has 5 heteroatoms. The van der Waals surface area contributed by atoms with Crippen LogP contribution in [0.4, 0.5) is 0 Å². The topological polar surface area (TPSA) is 43.6 Å². The molecule has 0 saturated heterocycles. The summed E-state index contributed by atoms with van der Waals surface area (Å²) in [4.78, 5) is 1.64. The third-order valence-corrected chi connectivity index (χ3v) is 3.34. The quantitative estimate of drug-likeness (QED) is 0.844. The molecule has 0 aliphatic rings. The molecule has 1 aromatic carbocycles. The summed E-state index contributed by atoms with van der Waals surface area (Å²) in [6.45, 7) is 4.98. The van der Waals surface area contributed by atoms with Gasteiger partial charge in [0.2, 0.25) is 5.82 Å². The SMILES string of the molecule is CC(C)(CS)Cn1nnc(-c2ccccc2)n1. The monoisotopic (exact) mass is 248 g/mol. The molecule has 2 rings (SSSR count). The Hall–Kier alpha value is -1.36. The van der Waals surface area contributed by atoms with E-state index in [0.29, 0.717) is 5.82 Å². The molecule has 0 N–H and O–H groups in total. The summed E-state index contributed by atoms with van der Waals surface area (Å²) in [6, 6.07) is 9.86. The van der Waals surface area contributed by atoms with Crippen LogP contribution in [0.3, 0.4) is 0 Å². The zero-order valence-electron chi connectivity index (χ0n) is 10.0. The molecule has 2 aromatic rings. The van der Waals surface area contributed by atoms with Crippen molar-refractivity contribution in [3.05, 3.63) is 30.3 Å². The van der Waals surface area contributed by atoms with Crippen LogP contribution in [0.25, 0.3) is 11.4 Å². The molecule has 0 bridgehead atoms. The Morgan fingerprint density at radius 3 is 2.59 bits per heavy atom. The molecule has 0 spiro atoms. The van der Waals surface area contributed by atoms with Gasteiger partial charge in [-0.3, -0.25) is 0 Å². The second kappa shape index (κ2) is 4.87. The maximum absolute atomic E-state index is 4.37. The van der Waals surface area contributed by atoms with Crippen LogP contribution in [0.2, 0.25) is 0 Å². The van der Waals surface area contributed by atoms with Crippen LogP contribution in [0.5, 0.6) is 0 Å². The van der Waals surface area contributed by atoms with Crippen LogP contribution in [-0.4, -0.2) is 26.0 Å². The second-order valence-corrected chi connectivity index (χ2v) is 5.15. The molecule has 0 aliphatic carbocycles. The van der Waals surface area contributed by atoms with E-state index >= 15 is 0 Å². The molecule has 0 radical (unpaired) electrons. The fourth-order valence-electron chi connectivity index (χ4n) is 1.45. The molecule has 0 unspecified atom stereocenters. The van der Waals surface area contributed by atoms with E-state index < -0.39 is 0 Å². The Kier molecular flexibility index (Phi) is 3.47. The average molecular weight is 248 g/mol. The number of hydrogen-bond donors (Lipinski definition) is 1. The lowest BCUT2D eigenvalue weighted by Gasteiger charge is -2.19. The Morgan fingerprint density at radius 2 is 1.94 bits per heavy atom. The molecule has 90 valence electrons. The number of nitrogens with zero attached hydrogens (tertiary/aromatic N) is 4. The zero-order valence-corrected chi connectivity index (χ0v) is 10.9. The molecular weight excluding hydrogens is 232 g/mol. The molecule has 1 heterocycles. The van der Waals surface area contributed by atoms with E-state index in [2.05, 4.69) is 41.9 Å². The standard InChI is InChI=1S/C12H16N4S/c1-12(2,9-17)8-16-14-11(13-15-16)10-6-4-3-5-7-10/h3-7,17H,8-9H2,1-2H3. The largest absolute Gasteiger partial charge is 0.204 e. The first-order valence-electron chi connectivity index (χ1n) is 5.55. The van der Waals surface area contributed by atoms with Gasteiger partial charge in [-0.1, -0.05) is 44.2 Å². The Labute approximate surface area is 106 Å². The Balaban J connectivity index is 2.17. The molecular formula is C12H16N4S. The van der Waals surface area contributed by atoms with Gasteiger partial charge < -0.3 is 0 Å². The minimum absolute atomic E-state index is 0.0672. The van der Waals surface area contributed by atoms with E-state index in [1.54, 1.807) is 4.80 Å². The van der Waals surface area contributed by atoms with Crippen LogP contribution >= 0.6 is 12.6 Å². The van der Waals surface area contributed by atoms with E-state index in [9.17, 15) is 0 Å². The normalized spacial score (nSPS) is 11.7. The molecule has 0 saturated carbocycles. The van der Waals surface area contributed by atoms with E-state index in [1.807, 2.05) is 30.3 Å². The molecule has 0 amide bonds. The first-order valence-corrected chi connectivity index (χ1v) is 6.18. The summed E-state index contributed by atoms with van der Waals surface area (Å²) in [5, 5.41) is 12.5. The van der Waals surface area contributed by atoms with Gasteiger partial charge in [0.1, 0.15) is 0 Å². The number of tetrazole rings is 1. The molecule has 0 aliphatic heterocycles. The van der Waals surface area contributed by atoms with Crippen LogP contribution in [0.15, 0.2) is 30.3 Å². The second-order valence-electron chi connectivity index (χ2n) is 4.83. The van der Waals surface area contributed by atoms with E-state index in [-0.39, 0.29) is 5.41 Å². The minimum Gasteiger partial charge on any atom is -0.179 e. The van der Waals surface area contributed by atoms with Crippen molar-refractivity contribution in [2.24, 2.45) is 5.41 Å². The van der Waals surface area contributed by atoms with E-state index in [1.165, 1.54) is 0 Å². The van der Waals surface area contributed by atoms with Crippen molar-refractivity contribution in [3.8, 4) is 11.4 Å². The van der Waals surface area contributed by atoms with Crippen molar-refractivity contribution in [2.45, 2.75) is 20.4 Å². The van der Waals surface area contributed by atoms with Crippen molar-refractivity contribution in [1.29, 1.82) is 0 Å². The van der Waals surface area contributed by atoms with Gasteiger partial charge in [0.15, 0.2) is 0 Å². The van der Waals surface area contributed by atoms with Gasteiger partial charge in [-0.15, -0.1) is 10.2 Å². The highest BCUT2D eigenvalue weighted by molar-refractivity contribution is 7.80. The molecule has 17 heavy (non-hydrogen) atoms. The predicted molar refractivity (Wildman–Crippen MR) is 70.9 cm³/mol. The smallest absolute Gasteiger partial charge is 0.179 e. The van der Waals surface area contributed by atoms with Gasteiger partial charge in [-0.05, 0) is 16.4 Å². The number of benzene rings is 1. The number of aromatic nitrogens is 4. The zero-order chi connectivity index (χ0) is 12.3. The highest BCUT2D eigenvalue weighted by Crippen LogP contribution is 2.19. The Bertz CT molecular complexity index is 478. The summed E-state index contributed by atoms with van der Waals surface area (Å²) >= 11 is 4.32. The third-order valence-electron chi connectivity index (χ3n) is 2.48. The van der Waals surface area contributed by atoms with Gasteiger partial charge in [-0.2, -0.15) is 17.4 Å². The number of rotatable bonds is 4. The lowest BCUT2D eigenvalue weighted by molar-refractivity contribution is 0.307. The van der Waals surface area contributed by atoms with Crippen molar-refractivity contribution < 1.29 is 0 Å². The summed E-state index contributed by atoms with van der Waals surface area (Å²) in [7, 11) is 0. The minimum atomic E-state index is 0.0672. The lowest BCUT2D eigenvalue weighted by Crippen LogP contribution is -2.23. The van der Waals surface area contributed by atoms with Gasteiger partial charge in [0.05, 0.1) is 6.54 Å². The van der Waals surface area contributed by atoms with Gasteiger partial charge in [-0.25, -0.2) is 0 Å². The first-order chi connectivity index (χ1) is 8.11.